The summed E-state index contributed by atoms with van der Waals surface area (Å²) in [5.41, 5.74) is 1.10. The van der Waals surface area contributed by atoms with E-state index in [4.69, 9.17) is 20.8 Å². The molecule has 3 rings (SSSR count). The maximum absolute atomic E-state index is 11.0. The predicted molar refractivity (Wildman–Crippen MR) is 89.0 cm³/mol. The third-order valence-corrected chi connectivity index (χ3v) is 3.56. The van der Waals surface area contributed by atoms with E-state index in [0.717, 1.165) is 0 Å². The number of halogens is 1. The molecule has 0 bridgehead atoms. The Bertz CT molecular complexity index is 931. The Morgan fingerprint density at radius 3 is 2.83 bits per heavy atom. The van der Waals surface area contributed by atoms with Gasteiger partial charge in [-0.1, -0.05) is 23.7 Å². The minimum absolute atomic E-state index is 0.0301. The lowest BCUT2D eigenvalue weighted by Gasteiger charge is -2.05. The molecule has 0 unspecified atom stereocenters. The number of phenolic OH excluding ortho intramolecular Hbond substituents is 1. The van der Waals surface area contributed by atoms with Gasteiger partial charge in [-0.05, 0) is 29.8 Å². The van der Waals surface area contributed by atoms with Crippen LogP contribution < -0.4 is 4.74 Å². The number of benzene rings is 2. The standard InChI is InChI=1S/C16H11ClN2O5/c1-23-14-8-9(7-12(15(14)20)19(21)22)6-10(17)16-18-11-4-2-3-5-13(11)24-16/h2-8,20H,1H3. The van der Waals surface area contributed by atoms with E-state index in [-0.39, 0.29) is 16.7 Å². The Morgan fingerprint density at radius 1 is 1.42 bits per heavy atom. The van der Waals surface area contributed by atoms with Crippen LogP contribution in [0.5, 0.6) is 11.5 Å². The van der Waals surface area contributed by atoms with E-state index in [1.54, 1.807) is 12.1 Å². The maximum Gasteiger partial charge on any atom is 0.315 e. The number of nitro benzene ring substituents is 1. The number of methoxy groups -OCH3 is 1. The molecule has 0 saturated carbocycles. The highest BCUT2D eigenvalue weighted by Gasteiger charge is 2.20. The second kappa shape index (κ2) is 6.21. The van der Waals surface area contributed by atoms with Crippen molar-refractivity contribution < 1.29 is 19.2 Å². The Labute approximate surface area is 140 Å². The van der Waals surface area contributed by atoms with Gasteiger partial charge < -0.3 is 14.3 Å². The van der Waals surface area contributed by atoms with Gasteiger partial charge in [-0.25, -0.2) is 4.98 Å². The van der Waals surface area contributed by atoms with Crippen LogP contribution in [0.1, 0.15) is 11.5 Å². The highest BCUT2D eigenvalue weighted by atomic mass is 35.5. The zero-order chi connectivity index (χ0) is 17.3. The lowest BCUT2D eigenvalue weighted by atomic mass is 10.1. The van der Waals surface area contributed by atoms with Crippen molar-refractivity contribution in [3.63, 3.8) is 0 Å². The molecule has 0 saturated heterocycles. The average molecular weight is 347 g/mol. The minimum atomic E-state index is -0.706. The van der Waals surface area contributed by atoms with Gasteiger partial charge in [-0.15, -0.1) is 0 Å². The van der Waals surface area contributed by atoms with E-state index in [1.165, 1.54) is 25.3 Å². The fourth-order valence-corrected chi connectivity index (χ4v) is 2.38. The number of ether oxygens (including phenoxy) is 1. The first-order chi connectivity index (χ1) is 11.5. The summed E-state index contributed by atoms with van der Waals surface area (Å²) in [7, 11) is 1.30. The van der Waals surface area contributed by atoms with Gasteiger partial charge in [0.05, 0.1) is 12.0 Å². The Morgan fingerprint density at radius 2 is 2.17 bits per heavy atom. The zero-order valence-corrected chi connectivity index (χ0v) is 13.1. The van der Waals surface area contributed by atoms with Gasteiger partial charge in [-0.2, -0.15) is 0 Å². The third-order valence-electron chi connectivity index (χ3n) is 3.29. The quantitative estimate of drug-likeness (QED) is 0.561. The SMILES string of the molecule is COc1cc(C=C(Cl)c2nc3ccccc3o2)cc([N+](=O)[O-])c1O. The van der Waals surface area contributed by atoms with E-state index in [2.05, 4.69) is 4.98 Å². The molecule has 0 fully saturated rings. The van der Waals surface area contributed by atoms with Gasteiger partial charge in [0, 0.05) is 6.07 Å². The molecule has 3 aromatic rings. The van der Waals surface area contributed by atoms with Crippen molar-refractivity contribution in [2.45, 2.75) is 0 Å². The molecule has 0 atom stereocenters. The van der Waals surface area contributed by atoms with Crippen LogP contribution in [0, 0.1) is 10.1 Å². The molecular weight excluding hydrogens is 336 g/mol. The van der Waals surface area contributed by atoms with Crippen molar-refractivity contribution in [2.24, 2.45) is 0 Å². The minimum Gasteiger partial charge on any atom is -0.500 e. The number of hydrogen-bond acceptors (Lipinski definition) is 6. The van der Waals surface area contributed by atoms with Crippen LogP contribution in [-0.2, 0) is 0 Å². The number of nitrogens with zero attached hydrogens (tertiary/aromatic N) is 2. The van der Waals surface area contributed by atoms with Crippen molar-refractivity contribution in [1.82, 2.24) is 4.98 Å². The lowest BCUT2D eigenvalue weighted by Crippen LogP contribution is -1.93. The highest BCUT2D eigenvalue weighted by molar-refractivity contribution is 6.50. The summed E-state index contributed by atoms with van der Waals surface area (Å²) in [6.45, 7) is 0. The maximum atomic E-state index is 11.0. The summed E-state index contributed by atoms with van der Waals surface area (Å²) in [4.78, 5) is 14.6. The third kappa shape index (κ3) is 2.89. The molecule has 1 aromatic heterocycles. The molecule has 0 radical (unpaired) electrons. The highest BCUT2D eigenvalue weighted by Crippen LogP contribution is 2.38. The van der Waals surface area contributed by atoms with Crippen LogP contribution in [0.4, 0.5) is 5.69 Å². The van der Waals surface area contributed by atoms with Gasteiger partial charge in [-0.3, -0.25) is 10.1 Å². The van der Waals surface area contributed by atoms with Gasteiger partial charge in [0.15, 0.2) is 11.3 Å². The zero-order valence-electron chi connectivity index (χ0n) is 12.4. The van der Waals surface area contributed by atoms with E-state index in [0.29, 0.717) is 16.7 Å². The topological polar surface area (TPSA) is 98.6 Å². The molecule has 0 amide bonds. The van der Waals surface area contributed by atoms with Crippen LogP contribution in [0.15, 0.2) is 40.8 Å². The van der Waals surface area contributed by atoms with Crippen molar-refractivity contribution >= 4 is 39.5 Å². The van der Waals surface area contributed by atoms with Gasteiger partial charge in [0.25, 0.3) is 0 Å². The molecule has 122 valence electrons. The summed E-state index contributed by atoms with van der Waals surface area (Å²) in [6.07, 6.45) is 1.45. The molecule has 0 aliphatic heterocycles. The van der Waals surface area contributed by atoms with Crippen molar-refractivity contribution in [1.29, 1.82) is 0 Å². The molecule has 8 heteroatoms. The number of oxazole rings is 1. The normalized spacial score (nSPS) is 11.7. The number of para-hydroxylation sites is 2. The van der Waals surface area contributed by atoms with E-state index in [1.807, 2.05) is 12.1 Å². The first kappa shape index (κ1) is 15.8. The number of aromatic hydroxyl groups is 1. The van der Waals surface area contributed by atoms with Gasteiger partial charge in [0.2, 0.25) is 11.6 Å². The number of phenols is 1. The molecule has 0 aliphatic rings. The van der Waals surface area contributed by atoms with Crippen LogP contribution in [-0.4, -0.2) is 22.1 Å². The molecule has 2 aromatic carbocycles. The Hall–Kier alpha value is -3.06. The second-order valence-corrected chi connectivity index (χ2v) is 5.23. The van der Waals surface area contributed by atoms with Gasteiger partial charge >= 0.3 is 5.69 Å². The molecular formula is C16H11ClN2O5. The Kier molecular flexibility index (Phi) is 4.09. The first-order valence-corrected chi connectivity index (χ1v) is 7.16. The van der Waals surface area contributed by atoms with Crippen LogP contribution >= 0.6 is 11.6 Å². The molecule has 24 heavy (non-hydrogen) atoms. The van der Waals surface area contributed by atoms with Crippen LogP contribution in [0.25, 0.3) is 22.2 Å². The van der Waals surface area contributed by atoms with Gasteiger partial charge in [0.1, 0.15) is 10.5 Å². The molecule has 1 N–H and O–H groups in total. The summed E-state index contributed by atoms with van der Waals surface area (Å²) in [5.74, 6) is -0.386. The number of fused-ring (bicyclic) bond motifs is 1. The summed E-state index contributed by atoms with van der Waals surface area (Å²) >= 11 is 6.21. The second-order valence-electron chi connectivity index (χ2n) is 4.83. The molecule has 0 aliphatic carbocycles. The number of nitro groups is 1. The Balaban J connectivity index is 2.06. The smallest absolute Gasteiger partial charge is 0.315 e. The van der Waals surface area contributed by atoms with Crippen molar-refractivity contribution in [3.8, 4) is 11.5 Å². The summed E-state index contributed by atoms with van der Waals surface area (Å²) in [5, 5.41) is 21.0. The average Bonchev–Trinajstić information content (AvgIpc) is 3.00. The lowest BCUT2D eigenvalue weighted by molar-refractivity contribution is -0.386. The predicted octanol–water partition coefficient (Wildman–Crippen LogP) is 4.19. The largest absolute Gasteiger partial charge is 0.500 e. The number of aromatic nitrogens is 1. The monoisotopic (exact) mass is 346 g/mol. The molecule has 7 nitrogen and oxygen atoms in total. The number of rotatable bonds is 4. The fourth-order valence-electron chi connectivity index (χ4n) is 2.17. The van der Waals surface area contributed by atoms with Crippen molar-refractivity contribution in [2.75, 3.05) is 7.11 Å². The van der Waals surface area contributed by atoms with E-state index in [9.17, 15) is 15.2 Å². The summed E-state index contributed by atoms with van der Waals surface area (Å²) in [6, 6.07) is 9.77. The molecule has 1 heterocycles. The van der Waals surface area contributed by atoms with Crippen LogP contribution in [0.2, 0.25) is 0 Å². The van der Waals surface area contributed by atoms with E-state index >= 15 is 0 Å². The summed E-state index contributed by atoms with van der Waals surface area (Å²) < 4.78 is 10.5. The van der Waals surface area contributed by atoms with Crippen molar-refractivity contribution in [3.05, 3.63) is 58.0 Å². The first-order valence-electron chi connectivity index (χ1n) is 6.78. The fraction of sp³-hybridized carbons (Fsp3) is 0.0625. The molecule has 0 spiro atoms. The van der Waals surface area contributed by atoms with Crippen LogP contribution in [0.3, 0.4) is 0 Å². The number of hydrogen-bond donors (Lipinski definition) is 1. The van der Waals surface area contributed by atoms with E-state index < -0.39 is 16.4 Å².